The molecule has 0 saturated heterocycles. The molecule has 0 N–H and O–H groups in total. The van der Waals surface area contributed by atoms with Gasteiger partial charge in [0.05, 0.1) is 0 Å². The van der Waals surface area contributed by atoms with E-state index in [0.717, 1.165) is 12.3 Å². The number of benzene rings is 1. The van der Waals surface area contributed by atoms with Crippen LogP contribution in [-0.2, 0) is 0 Å². The minimum Gasteiger partial charge on any atom is -0.375 e. The van der Waals surface area contributed by atoms with Gasteiger partial charge in [-0.2, -0.15) is 12.6 Å². The smallest absolute Gasteiger partial charge is 0.169 e. The molecular weight excluding hydrogens is 336 g/mol. The van der Waals surface area contributed by atoms with E-state index >= 15 is 0 Å². The molecule has 1 aromatic heterocycles. The van der Waals surface area contributed by atoms with Gasteiger partial charge in [0.25, 0.3) is 0 Å². The van der Waals surface area contributed by atoms with E-state index in [1.165, 1.54) is 42.5 Å². The number of thiol groups is 1. The minimum absolute atomic E-state index is 0.501. The van der Waals surface area contributed by atoms with Gasteiger partial charge < -0.3 is 4.90 Å². The monoisotopic (exact) mass is 369 g/mol. The van der Waals surface area contributed by atoms with Crippen LogP contribution in [0.15, 0.2) is 48.8 Å². The van der Waals surface area contributed by atoms with Crippen LogP contribution in [-0.4, -0.2) is 19.3 Å². The number of nitrogens with zero attached hydrogens (tertiary/aromatic N) is 2. The van der Waals surface area contributed by atoms with Gasteiger partial charge in [-0.3, -0.25) is 0 Å². The largest absolute Gasteiger partial charge is 0.375 e. The summed E-state index contributed by atoms with van der Waals surface area (Å²) in [4.78, 5) is 2.34. The Bertz CT molecular complexity index is 660. The van der Waals surface area contributed by atoms with Gasteiger partial charge >= 0.3 is 0 Å². The molecule has 0 fully saturated rings. The van der Waals surface area contributed by atoms with E-state index in [4.69, 9.17) is 0 Å². The molecule has 0 aliphatic carbocycles. The van der Waals surface area contributed by atoms with Gasteiger partial charge in [-0.15, -0.1) is 0 Å². The van der Waals surface area contributed by atoms with Gasteiger partial charge in [-0.1, -0.05) is 37.1 Å². The Morgan fingerprint density at radius 1 is 0.885 bits per heavy atom. The lowest BCUT2D eigenvalue weighted by Gasteiger charge is -2.19. The molecule has 2 nitrogen and oxygen atoms in total. The zero-order valence-electron chi connectivity index (χ0n) is 16.4. The van der Waals surface area contributed by atoms with Gasteiger partial charge in [0.2, 0.25) is 0 Å². The molecule has 0 spiro atoms. The Morgan fingerprint density at radius 2 is 1.46 bits per heavy atom. The third-order valence-corrected chi connectivity index (χ3v) is 4.99. The van der Waals surface area contributed by atoms with E-state index in [9.17, 15) is 0 Å². The van der Waals surface area contributed by atoms with E-state index in [2.05, 4.69) is 104 Å². The van der Waals surface area contributed by atoms with Crippen LogP contribution in [0.25, 0.3) is 12.2 Å². The first kappa shape index (κ1) is 20.6. The molecule has 1 heterocycles. The fourth-order valence-corrected chi connectivity index (χ4v) is 3.10. The molecule has 0 aliphatic rings. The summed E-state index contributed by atoms with van der Waals surface area (Å²) in [5.74, 6) is 1.01. The van der Waals surface area contributed by atoms with Crippen LogP contribution in [0.2, 0.25) is 0 Å². The topological polar surface area (TPSA) is 7.12 Å². The van der Waals surface area contributed by atoms with Gasteiger partial charge in [-0.05, 0) is 55.7 Å². The molecule has 0 amide bonds. The highest BCUT2D eigenvalue weighted by molar-refractivity contribution is 7.80. The third kappa shape index (κ3) is 6.87. The van der Waals surface area contributed by atoms with Crippen molar-refractivity contribution in [2.75, 3.05) is 24.2 Å². The first-order valence-electron chi connectivity index (χ1n) is 9.71. The van der Waals surface area contributed by atoms with Crippen molar-refractivity contribution in [3.05, 3.63) is 59.9 Å². The van der Waals surface area contributed by atoms with Gasteiger partial charge in [-0.25, -0.2) is 4.57 Å². The van der Waals surface area contributed by atoms with Crippen LogP contribution in [0.3, 0.4) is 0 Å². The highest BCUT2D eigenvalue weighted by Gasteiger charge is 2.04. The average molecular weight is 370 g/mol. The van der Waals surface area contributed by atoms with Gasteiger partial charge in [0.15, 0.2) is 18.4 Å². The molecular formula is C23H33N2S+. The zero-order valence-corrected chi connectivity index (χ0v) is 17.3. The molecule has 2 aromatic rings. The lowest BCUT2D eigenvalue weighted by atomic mass is 10.1. The summed E-state index contributed by atoms with van der Waals surface area (Å²) in [6.45, 7) is 5.49. The standard InChI is InChI=1S/C23H32N2S/c1-20(2)25-17-14-22(15-18-25)9-8-21-10-12-23(13-11-21)24(3)16-6-4-5-7-19-26/h8-15,17-18,20H,4-7,16,19H2,1-3H3/p+1. The molecule has 0 atom stereocenters. The Kier molecular flexibility index (Phi) is 8.76. The van der Waals surface area contributed by atoms with Crippen LogP contribution in [0.5, 0.6) is 0 Å². The fraction of sp³-hybridized carbons (Fsp3) is 0.435. The van der Waals surface area contributed by atoms with E-state index in [1.807, 2.05) is 0 Å². The van der Waals surface area contributed by atoms with Crippen LogP contribution in [0.1, 0.15) is 56.7 Å². The van der Waals surface area contributed by atoms with Crippen molar-refractivity contribution in [2.24, 2.45) is 0 Å². The van der Waals surface area contributed by atoms with E-state index in [0.29, 0.717) is 6.04 Å². The number of aromatic nitrogens is 1. The Hall–Kier alpha value is -1.74. The van der Waals surface area contributed by atoms with E-state index < -0.39 is 0 Å². The summed E-state index contributed by atoms with van der Waals surface area (Å²) in [5, 5.41) is 0. The molecule has 0 aliphatic heterocycles. The highest BCUT2D eigenvalue weighted by atomic mass is 32.1. The molecule has 2 rings (SSSR count). The second-order valence-electron chi connectivity index (χ2n) is 7.16. The second-order valence-corrected chi connectivity index (χ2v) is 7.60. The van der Waals surface area contributed by atoms with Crippen molar-refractivity contribution >= 4 is 30.5 Å². The first-order valence-corrected chi connectivity index (χ1v) is 10.3. The maximum atomic E-state index is 4.27. The summed E-state index contributed by atoms with van der Waals surface area (Å²) in [6.07, 6.45) is 13.7. The summed E-state index contributed by atoms with van der Waals surface area (Å²) in [5.41, 5.74) is 3.75. The normalized spacial score (nSPS) is 11.4. The molecule has 26 heavy (non-hydrogen) atoms. The Morgan fingerprint density at radius 3 is 2.04 bits per heavy atom. The summed E-state index contributed by atoms with van der Waals surface area (Å²) >= 11 is 4.27. The van der Waals surface area contributed by atoms with Crippen molar-refractivity contribution in [1.82, 2.24) is 0 Å². The Labute approximate surface area is 165 Å². The number of hydrogen-bond donors (Lipinski definition) is 1. The maximum absolute atomic E-state index is 4.27. The van der Waals surface area contributed by atoms with Crippen molar-refractivity contribution in [2.45, 2.75) is 45.6 Å². The number of pyridine rings is 1. The van der Waals surface area contributed by atoms with Crippen LogP contribution >= 0.6 is 12.6 Å². The minimum atomic E-state index is 0.501. The van der Waals surface area contributed by atoms with Gasteiger partial charge in [0.1, 0.15) is 0 Å². The molecule has 1 aromatic carbocycles. The van der Waals surface area contributed by atoms with Crippen molar-refractivity contribution < 1.29 is 4.57 Å². The third-order valence-electron chi connectivity index (χ3n) is 4.68. The molecule has 140 valence electrons. The summed E-state index contributed by atoms with van der Waals surface area (Å²) in [6, 6.07) is 13.6. The Balaban J connectivity index is 1.86. The fourth-order valence-electron chi connectivity index (χ4n) is 2.88. The zero-order chi connectivity index (χ0) is 18.8. The summed E-state index contributed by atoms with van der Waals surface area (Å²) < 4.78 is 2.21. The first-order chi connectivity index (χ1) is 12.6. The lowest BCUT2D eigenvalue weighted by Crippen LogP contribution is -2.34. The maximum Gasteiger partial charge on any atom is 0.169 e. The molecule has 3 heteroatoms. The van der Waals surface area contributed by atoms with Crippen LogP contribution in [0.4, 0.5) is 5.69 Å². The lowest BCUT2D eigenvalue weighted by molar-refractivity contribution is -0.716. The van der Waals surface area contributed by atoms with Crippen LogP contribution < -0.4 is 9.47 Å². The number of rotatable bonds is 10. The average Bonchev–Trinajstić information content (AvgIpc) is 2.66. The predicted octanol–water partition coefficient (Wildman–Crippen LogP) is 5.65. The predicted molar refractivity (Wildman–Crippen MR) is 118 cm³/mol. The molecule has 0 saturated carbocycles. The number of unbranched alkanes of at least 4 members (excludes halogenated alkanes) is 3. The van der Waals surface area contributed by atoms with Crippen LogP contribution in [0, 0.1) is 0 Å². The number of hydrogen-bond acceptors (Lipinski definition) is 2. The summed E-state index contributed by atoms with van der Waals surface area (Å²) in [7, 11) is 2.18. The van der Waals surface area contributed by atoms with E-state index in [-0.39, 0.29) is 0 Å². The SMILES string of the molecule is CC(C)[n+]1ccc(/C=C/c2ccc(N(C)CCCCCCS)cc2)cc1. The van der Waals surface area contributed by atoms with E-state index in [1.54, 1.807) is 0 Å². The molecule has 0 bridgehead atoms. The second kappa shape index (κ2) is 11.1. The van der Waals surface area contributed by atoms with Gasteiger partial charge in [0, 0.05) is 31.4 Å². The van der Waals surface area contributed by atoms with Crippen molar-refractivity contribution in [3.8, 4) is 0 Å². The van der Waals surface area contributed by atoms with Crippen molar-refractivity contribution in [3.63, 3.8) is 0 Å². The molecule has 0 unspecified atom stereocenters. The van der Waals surface area contributed by atoms with Crippen molar-refractivity contribution in [1.29, 1.82) is 0 Å². The quantitative estimate of drug-likeness (QED) is 0.323. The highest BCUT2D eigenvalue weighted by Crippen LogP contribution is 2.16. The molecule has 0 radical (unpaired) electrons. The number of anilines is 1.